The number of carboxylic acid groups (broad SMARTS) is 1. The number of amides is 1. The van der Waals surface area contributed by atoms with Gasteiger partial charge in [0.15, 0.2) is 0 Å². The summed E-state index contributed by atoms with van der Waals surface area (Å²) in [4.78, 5) is 22.8. The van der Waals surface area contributed by atoms with Gasteiger partial charge in [-0.1, -0.05) is 6.92 Å². The van der Waals surface area contributed by atoms with Crippen LogP contribution >= 0.6 is 15.9 Å². The first-order chi connectivity index (χ1) is 8.99. The van der Waals surface area contributed by atoms with E-state index in [-0.39, 0.29) is 17.4 Å². The van der Waals surface area contributed by atoms with Crippen LogP contribution in [0.3, 0.4) is 0 Å². The number of halogens is 1. The Morgan fingerprint density at radius 1 is 1.47 bits per heavy atom. The summed E-state index contributed by atoms with van der Waals surface area (Å²) in [5.74, 6) is -1.02. The minimum absolute atomic E-state index is 0.162. The van der Waals surface area contributed by atoms with E-state index in [1.165, 1.54) is 12.1 Å². The second kappa shape index (κ2) is 5.71. The second-order valence-electron chi connectivity index (χ2n) is 4.55. The van der Waals surface area contributed by atoms with Gasteiger partial charge >= 0.3 is 5.97 Å². The van der Waals surface area contributed by atoms with Gasteiger partial charge in [-0.2, -0.15) is 0 Å². The van der Waals surface area contributed by atoms with E-state index in [1.54, 1.807) is 6.07 Å². The van der Waals surface area contributed by atoms with Crippen LogP contribution in [0.1, 0.15) is 23.7 Å². The van der Waals surface area contributed by atoms with Crippen LogP contribution in [0.2, 0.25) is 0 Å². The van der Waals surface area contributed by atoms with Crippen LogP contribution in [0.25, 0.3) is 0 Å². The summed E-state index contributed by atoms with van der Waals surface area (Å²) < 4.78 is 5.91. The number of hydrogen-bond donors (Lipinski definition) is 2. The highest BCUT2D eigenvalue weighted by Gasteiger charge is 2.31. The summed E-state index contributed by atoms with van der Waals surface area (Å²) in [5.41, 5.74) is 0.702. The van der Waals surface area contributed by atoms with Gasteiger partial charge in [0.1, 0.15) is 6.10 Å². The predicted octanol–water partition coefficient (Wildman–Crippen LogP) is 2.51. The Balaban J connectivity index is 2.11. The summed E-state index contributed by atoms with van der Waals surface area (Å²) in [6.45, 7) is 2.57. The number of rotatable bonds is 3. The molecule has 0 aliphatic carbocycles. The lowest BCUT2D eigenvalue weighted by atomic mass is 10.0. The van der Waals surface area contributed by atoms with Gasteiger partial charge in [-0.05, 0) is 46.5 Å². The van der Waals surface area contributed by atoms with Crippen molar-refractivity contribution in [2.24, 2.45) is 5.92 Å². The maximum Gasteiger partial charge on any atom is 0.335 e. The normalized spacial score (nSPS) is 22.2. The molecule has 1 aliphatic heterocycles. The van der Waals surface area contributed by atoms with E-state index in [0.29, 0.717) is 16.8 Å². The van der Waals surface area contributed by atoms with Crippen molar-refractivity contribution in [1.29, 1.82) is 0 Å². The largest absolute Gasteiger partial charge is 0.478 e. The molecule has 1 aromatic carbocycles. The fraction of sp³-hybridized carbons (Fsp3) is 0.385. The zero-order valence-corrected chi connectivity index (χ0v) is 11.9. The number of carboxylic acids is 1. The average molecular weight is 328 g/mol. The number of carbonyl (C=O) groups excluding carboxylic acids is 1. The highest BCUT2D eigenvalue weighted by atomic mass is 79.9. The molecule has 0 spiro atoms. The standard InChI is InChI=1S/C13H14BrNO4/c1-7-4-5-19-11(7)12(16)15-10-3-2-8(13(17)18)6-9(10)14/h2-3,6-7,11H,4-5H2,1H3,(H,15,16)(H,17,18). The predicted molar refractivity (Wildman–Crippen MR) is 73.3 cm³/mol. The molecule has 0 radical (unpaired) electrons. The monoisotopic (exact) mass is 327 g/mol. The molecule has 1 aliphatic rings. The number of carbonyl (C=O) groups is 2. The molecule has 2 N–H and O–H groups in total. The highest BCUT2D eigenvalue weighted by molar-refractivity contribution is 9.10. The molecule has 0 saturated carbocycles. The first-order valence-electron chi connectivity index (χ1n) is 5.94. The number of aromatic carboxylic acids is 1. The van der Waals surface area contributed by atoms with Crippen molar-refractivity contribution in [2.75, 3.05) is 11.9 Å². The Bertz CT molecular complexity index is 517. The van der Waals surface area contributed by atoms with Gasteiger partial charge in [-0.25, -0.2) is 4.79 Å². The van der Waals surface area contributed by atoms with Gasteiger partial charge in [-0.15, -0.1) is 0 Å². The van der Waals surface area contributed by atoms with Gasteiger partial charge in [0.2, 0.25) is 0 Å². The number of hydrogen-bond acceptors (Lipinski definition) is 3. The Morgan fingerprint density at radius 3 is 2.74 bits per heavy atom. The maximum absolute atomic E-state index is 12.0. The van der Waals surface area contributed by atoms with Crippen molar-refractivity contribution < 1.29 is 19.4 Å². The third kappa shape index (κ3) is 3.13. The van der Waals surface area contributed by atoms with E-state index >= 15 is 0 Å². The summed E-state index contributed by atoms with van der Waals surface area (Å²) in [6.07, 6.45) is 0.433. The van der Waals surface area contributed by atoms with Gasteiger partial charge in [0.25, 0.3) is 5.91 Å². The number of anilines is 1. The van der Waals surface area contributed by atoms with Crippen molar-refractivity contribution in [2.45, 2.75) is 19.4 Å². The van der Waals surface area contributed by atoms with Crippen LogP contribution in [-0.4, -0.2) is 29.7 Å². The summed E-state index contributed by atoms with van der Waals surface area (Å²) >= 11 is 3.25. The molecular weight excluding hydrogens is 314 g/mol. The van der Waals surface area contributed by atoms with Gasteiger partial charge in [0, 0.05) is 11.1 Å². The molecule has 1 aromatic rings. The van der Waals surface area contributed by atoms with E-state index in [1.807, 2.05) is 6.92 Å². The molecule has 1 saturated heterocycles. The van der Waals surface area contributed by atoms with Crippen LogP contribution < -0.4 is 5.32 Å². The quantitative estimate of drug-likeness (QED) is 0.894. The molecule has 5 nitrogen and oxygen atoms in total. The topological polar surface area (TPSA) is 75.6 Å². The van der Waals surface area contributed by atoms with E-state index in [4.69, 9.17) is 9.84 Å². The number of nitrogens with one attached hydrogen (secondary N) is 1. The molecule has 102 valence electrons. The fourth-order valence-corrected chi connectivity index (χ4v) is 2.46. The number of benzene rings is 1. The lowest BCUT2D eigenvalue weighted by Gasteiger charge is -2.15. The van der Waals surface area contributed by atoms with Crippen molar-refractivity contribution in [1.82, 2.24) is 0 Å². The lowest BCUT2D eigenvalue weighted by Crippen LogP contribution is -2.31. The van der Waals surface area contributed by atoms with E-state index < -0.39 is 12.1 Å². The van der Waals surface area contributed by atoms with Crippen LogP contribution in [-0.2, 0) is 9.53 Å². The second-order valence-corrected chi connectivity index (χ2v) is 5.40. The van der Waals surface area contributed by atoms with Crippen molar-refractivity contribution in [3.05, 3.63) is 28.2 Å². The third-order valence-electron chi connectivity index (χ3n) is 3.12. The zero-order chi connectivity index (χ0) is 14.0. The molecule has 1 amide bonds. The van der Waals surface area contributed by atoms with Crippen molar-refractivity contribution in [3.8, 4) is 0 Å². The van der Waals surface area contributed by atoms with Crippen molar-refractivity contribution >= 4 is 33.5 Å². The highest BCUT2D eigenvalue weighted by Crippen LogP contribution is 2.26. The summed E-state index contributed by atoms with van der Waals surface area (Å²) in [6, 6.07) is 4.46. The van der Waals surface area contributed by atoms with E-state index in [9.17, 15) is 9.59 Å². The summed E-state index contributed by atoms with van der Waals surface area (Å²) in [5, 5.41) is 11.6. The first-order valence-corrected chi connectivity index (χ1v) is 6.73. The molecule has 2 rings (SSSR count). The molecular formula is C13H14BrNO4. The SMILES string of the molecule is CC1CCOC1C(=O)Nc1ccc(C(=O)O)cc1Br. The molecule has 2 unspecified atom stereocenters. The van der Waals surface area contributed by atoms with Crippen LogP contribution in [0.15, 0.2) is 22.7 Å². The molecule has 6 heteroatoms. The van der Waals surface area contributed by atoms with Gasteiger partial charge in [0.05, 0.1) is 11.3 Å². The molecule has 1 heterocycles. The van der Waals surface area contributed by atoms with Crippen molar-refractivity contribution in [3.63, 3.8) is 0 Å². The minimum Gasteiger partial charge on any atom is -0.478 e. The summed E-state index contributed by atoms with van der Waals surface area (Å²) in [7, 11) is 0. The lowest BCUT2D eigenvalue weighted by molar-refractivity contribution is -0.126. The first kappa shape index (κ1) is 14.0. The van der Waals surface area contributed by atoms with E-state index in [0.717, 1.165) is 6.42 Å². The van der Waals surface area contributed by atoms with Crippen LogP contribution in [0, 0.1) is 5.92 Å². The molecule has 0 bridgehead atoms. The molecule has 19 heavy (non-hydrogen) atoms. The average Bonchev–Trinajstić information content (AvgIpc) is 2.77. The van der Waals surface area contributed by atoms with Gasteiger partial charge < -0.3 is 15.2 Å². The maximum atomic E-state index is 12.0. The molecule has 0 aromatic heterocycles. The Morgan fingerprint density at radius 2 is 2.21 bits per heavy atom. The minimum atomic E-state index is -1.01. The zero-order valence-electron chi connectivity index (χ0n) is 10.4. The number of ether oxygens (including phenoxy) is 1. The van der Waals surface area contributed by atoms with Gasteiger partial charge in [-0.3, -0.25) is 4.79 Å². The Labute approximate surface area is 119 Å². The molecule has 2 atom stereocenters. The fourth-order valence-electron chi connectivity index (χ4n) is 1.98. The van der Waals surface area contributed by atoms with E-state index in [2.05, 4.69) is 21.2 Å². The third-order valence-corrected chi connectivity index (χ3v) is 3.78. The Kier molecular flexibility index (Phi) is 4.21. The van der Waals surface area contributed by atoms with Crippen LogP contribution in [0.5, 0.6) is 0 Å². The smallest absolute Gasteiger partial charge is 0.335 e. The Hall–Kier alpha value is -1.40. The molecule has 1 fully saturated rings. The van der Waals surface area contributed by atoms with Crippen LogP contribution in [0.4, 0.5) is 5.69 Å².